The van der Waals surface area contributed by atoms with E-state index in [0.717, 1.165) is 38.5 Å². The summed E-state index contributed by atoms with van der Waals surface area (Å²) < 4.78 is 0. The first-order chi connectivity index (χ1) is 13.4. The Bertz CT molecular complexity index is 513. The molecule has 1 rings (SSSR count). The van der Waals surface area contributed by atoms with Gasteiger partial charge in [-0.2, -0.15) is 0 Å². The standard InChI is InChI=1S/C23H38O5/c1-3-5-7-11-18(25)13-14-20-19(21(26)15-22(20)27)12-9-6-8-10-17(4-2)23(28)16-24/h4,13-14,17-20,22,24-25,27H,2-3,5-12,15-16H2,1H3/t17?,18?,19-,20-,22-/m1/s1. The average molecular weight is 395 g/mol. The minimum Gasteiger partial charge on any atom is -0.392 e. The van der Waals surface area contributed by atoms with Crippen LogP contribution in [0.5, 0.6) is 0 Å². The molecular weight excluding hydrogens is 356 g/mol. The van der Waals surface area contributed by atoms with E-state index in [0.29, 0.717) is 19.3 Å². The van der Waals surface area contributed by atoms with E-state index in [9.17, 15) is 19.8 Å². The molecule has 3 N–H and O–H groups in total. The van der Waals surface area contributed by atoms with Gasteiger partial charge in [-0.3, -0.25) is 9.59 Å². The number of carbonyl (C=O) groups excluding carboxylic acids is 2. The van der Waals surface area contributed by atoms with Gasteiger partial charge in [0.15, 0.2) is 5.78 Å². The average Bonchev–Trinajstić information content (AvgIpc) is 2.95. The lowest BCUT2D eigenvalue weighted by molar-refractivity contribution is -0.124. The van der Waals surface area contributed by atoms with E-state index in [1.54, 1.807) is 12.2 Å². The summed E-state index contributed by atoms with van der Waals surface area (Å²) in [5.41, 5.74) is 0. The molecule has 0 heterocycles. The van der Waals surface area contributed by atoms with Crippen LogP contribution < -0.4 is 0 Å². The van der Waals surface area contributed by atoms with Crippen molar-refractivity contribution in [2.24, 2.45) is 17.8 Å². The van der Waals surface area contributed by atoms with Gasteiger partial charge < -0.3 is 15.3 Å². The van der Waals surface area contributed by atoms with Crippen molar-refractivity contribution in [3.05, 3.63) is 24.8 Å². The lowest BCUT2D eigenvalue weighted by Gasteiger charge is -2.18. The van der Waals surface area contributed by atoms with Crippen molar-refractivity contribution in [2.45, 2.75) is 83.3 Å². The van der Waals surface area contributed by atoms with Crippen molar-refractivity contribution in [2.75, 3.05) is 6.61 Å². The van der Waals surface area contributed by atoms with Crippen LogP contribution in [0.15, 0.2) is 24.8 Å². The molecule has 0 aromatic heterocycles. The van der Waals surface area contributed by atoms with Gasteiger partial charge in [0.05, 0.1) is 12.2 Å². The van der Waals surface area contributed by atoms with Gasteiger partial charge in [-0.15, -0.1) is 6.58 Å². The number of carbonyl (C=O) groups is 2. The first-order valence-electron chi connectivity index (χ1n) is 10.8. The lowest BCUT2D eigenvalue weighted by atomic mass is 9.88. The van der Waals surface area contributed by atoms with Gasteiger partial charge in [0, 0.05) is 24.2 Å². The van der Waals surface area contributed by atoms with Crippen LogP contribution >= 0.6 is 0 Å². The topological polar surface area (TPSA) is 94.8 Å². The fourth-order valence-electron chi connectivity index (χ4n) is 3.98. The fraction of sp³-hybridized carbons (Fsp3) is 0.739. The maximum Gasteiger partial charge on any atom is 0.164 e. The number of unbranched alkanes of at least 4 members (excludes halogenated alkanes) is 4. The maximum absolute atomic E-state index is 12.3. The van der Waals surface area contributed by atoms with Crippen LogP contribution in [0, 0.1) is 17.8 Å². The minimum absolute atomic E-state index is 0.0991. The number of aliphatic hydroxyl groups excluding tert-OH is 3. The van der Waals surface area contributed by atoms with E-state index in [1.807, 2.05) is 6.08 Å². The Kier molecular flexibility index (Phi) is 12.2. The third kappa shape index (κ3) is 8.38. The predicted octanol–water partition coefficient (Wildman–Crippen LogP) is 3.36. The number of aliphatic hydroxyl groups is 3. The van der Waals surface area contributed by atoms with E-state index < -0.39 is 18.8 Å². The second-order valence-electron chi connectivity index (χ2n) is 7.97. The highest BCUT2D eigenvalue weighted by Crippen LogP contribution is 2.34. The molecule has 1 aliphatic carbocycles. The summed E-state index contributed by atoms with van der Waals surface area (Å²) in [6, 6.07) is 0. The van der Waals surface area contributed by atoms with Gasteiger partial charge in [-0.05, 0) is 19.3 Å². The molecule has 0 bridgehead atoms. The smallest absolute Gasteiger partial charge is 0.164 e. The summed E-state index contributed by atoms with van der Waals surface area (Å²) in [5.74, 6) is -0.813. The summed E-state index contributed by atoms with van der Waals surface area (Å²) in [4.78, 5) is 23.8. The van der Waals surface area contributed by atoms with Gasteiger partial charge in [0.1, 0.15) is 12.4 Å². The quantitative estimate of drug-likeness (QED) is 0.292. The molecule has 5 heteroatoms. The molecule has 0 aromatic rings. The van der Waals surface area contributed by atoms with Crippen molar-refractivity contribution >= 4 is 11.6 Å². The lowest BCUT2D eigenvalue weighted by Crippen LogP contribution is -2.19. The SMILES string of the molecule is C=CC(CCCCC[C@H]1C(=O)C[C@@H](O)[C@@H]1C=CC(O)CCCCC)C(=O)CO. The van der Waals surface area contributed by atoms with Crippen LogP contribution in [0.25, 0.3) is 0 Å². The first-order valence-corrected chi connectivity index (χ1v) is 10.8. The molecule has 2 unspecified atom stereocenters. The highest BCUT2D eigenvalue weighted by atomic mass is 16.3. The van der Waals surface area contributed by atoms with Gasteiger partial charge in [0.25, 0.3) is 0 Å². The highest BCUT2D eigenvalue weighted by molar-refractivity contribution is 5.84. The van der Waals surface area contributed by atoms with Crippen molar-refractivity contribution in [3.63, 3.8) is 0 Å². The zero-order valence-electron chi connectivity index (χ0n) is 17.3. The molecule has 0 saturated heterocycles. The van der Waals surface area contributed by atoms with E-state index in [4.69, 9.17) is 5.11 Å². The Morgan fingerprint density at radius 1 is 1.21 bits per heavy atom. The second kappa shape index (κ2) is 13.8. The van der Waals surface area contributed by atoms with E-state index in [2.05, 4.69) is 13.5 Å². The van der Waals surface area contributed by atoms with E-state index >= 15 is 0 Å². The maximum atomic E-state index is 12.3. The predicted molar refractivity (Wildman–Crippen MR) is 111 cm³/mol. The van der Waals surface area contributed by atoms with E-state index in [-0.39, 0.29) is 35.7 Å². The number of rotatable bonds is 15. The zero-order valence-corrected chi connectivity index (χ0v) is 17.3. The van der Waals surface area contributed by atoms with Crippen LogP contribution in [0.2, 0.25) is 0 Å². The number of ketones is 2. The third-order valence-electron chi connectivity index (χ3n) is 5.78. The molecule has 0 spiro atoms. The van der Waals surface area contributed by atoms with Crippen molar-refractivity contribution < 1.29 is 24.9 Å². The summed E-state index contributed by atoms with van der Waals surface area (Å²) in [6.07, 6.45) is 12.0. The third-order valence-corrected chi connectivity index (χ3v) is 5.78. The zero-order chi connectivity index (χ0) is 20.9. The Labute approximate surface area is 169 Å². The molecule has 160 valence electrons. The molecule has 0 aromatic carbocycles. The molecule has 0 aliphatic heterocycles. The van der Waals surface area contributed by atoms with Gasteiger partial charge in [-0.1, -0.05) is 63.7 Å². The van der Waals surface area contributed by atoms with Crippen LogP contribution in [-0.4, -0.2) is 45.7 Å². The van der Waals surface area contributed by atoms with Gasteiger partial charge in [-0.25, -0.2) is 0 Å². The largest absolute Gasteiger partial charge is 0.392 e. The number of Topliss-reactive ketones (excluding diaryl/α,β-unsaturated/α-hetero) is 2. The van der Waals surface area contributed by atoms with Crippen LogP contribution in [-0.2, 0) is 9.59 Å². The molecule has 1 saturated carbocycles. The van der Waals surface area contributed by atoms with Crippen molar-refractivity contribution in [3.8, 4) is 0 Å². The molecule has 5 nitrogen and oxygen atoms in total. The number of hydrogen-bond donors (Lipinski definition) is 3. The van der Waals surface area contributed by atoms with Crippen LogP contribution in [0.3, 0.4) is 0 Å². The van der Waals surface area contributed by atoms with Gasteiger partial charge >= 0.3 is 0 Å². The number of hydrogen-bond acceptors (Lipinski definition) is 5. The van der Waals surface area contributed by atoms with Crippen LogP contribution in [0.4, 0.5) is 0 Å². The fourth-order valence-corrected chi connectivity index (χ4v) is 3.98. The molecule has 28 heavy (non-hydrogen) atoms. The summed E-state index contributed by atoms with van der Waals surface area (Å²) in [7, 11) is 0. The Balaban J connectivity index is 2.43. The minimum atomic E-state index is -0.663. The molecule has 1 aliphatic rings. The molecule has 0 radical (unpaired) electrons. The molecular formula is C23H38O5. The van der Waals surface area contributed by atoms with Crippen molar-refractivity contribution in [1.29, 1.82) is 0 Å². The molecule has 1 fully saturated rings. The highest BCUT2D eigenvalue weighted by Gasteiger charge is 2.39. The Hall–Kier alpha value is -1.30. The monoisotopic (exact) mass is 394 g/mol. The Morgan fingerprint density at radius 3 is 2.57 bits per heavy atom. The Morgan fingerprint density at radius 2 is 1.93 bits per heavy atom. The van der Waals surface area contributed by atoms with Gasteiger partial charge in [0.2, 0.25) is 0 Å². The molecule has 5 atom stereocenters. The summed E-state index contributed by atoms with van der Waals surface area (Å²) in [5, 5.41) is 29.2. The molecule has 0 amide bonds. The van der Waals surface area contributed by atoms with Crippen LogP contribution in [0.1, 0.15) is 71.1 Å². The van der Waals surface area contributed by atoms with E-state index in [1.165, 1.54) is 0 Å². The summed E-state index contributed by atoms with van der Waals surface area (Å²) >= 11 is 0. The normalized spacial score (nSPS) is 24.6. The summed E-state index contributed by atoms with van der Waals surface area (Å²) in [6.45, 7) is 5.31. The second-order valence-corrected chi connectivity index (χ2v) is 7.97. The van der Waals surface area contributed by atoms with Crippen molar-refractivity contribution in [1.82, 2.24) is 0 Å². The number of allylic oxidation sites excluding steroid dienone is 1. The first kappa shape index (κ1) is 24.7.